The fourth-order valence-electron chi connectivity index (χ4n) is 2.26. The second-order valence-electron chi connectivity index (χ2n) is 5.45. The molecule has 0 saturated heterocycles. The van der Waals surface area contributed by atoms with Gasteiger partial charge in [0.25, 0.3) is 0 Å². The van der Waals surface area contributed by atoms with Crippen LogP contribution in [0, 0.1) is 0 Å². The summed E-state index contributed by atoms with van der Waals surface area (Å²) < 4.78 is 26.2. The van der Waals surface area contributed by atoms with Crippen molar-refractivity contribution in [2.75, 3.05) is 12.3 Å². The quantitative estimate of drug-likeness (QED) is 0.758. The van der Waals surface area contributed by atoms with E-state index in [-0.39, 0.29) is 17.8 Å². The van der Waals surface area contributed by atoms with Gasteiger partial charge in [-0.2, -0.15) is 5.10 Å². The van der Waals surface area contributed by atoms with Gasteiger partial charge in [-0.05, 0) is 45.0 Å². The lowest BCUT2D eigenvalue weighted by Gasteiger charge is -2.21. The van der Waals surface area contributed by atoms with E-state index in [2.05, 4.69) is 24.3 Å². The van der Waals surface area contributed by atoms with Crippen LogP contribution >= 0.6 is 0 Å². The summed E-state index contributed by atoms with van der Waals surface area (Å²) in [7, 11) is -3.18. The van der Waals surface area contributed by atoms with Gasteiger partial charge in [0.2, 0.25) is 0 Å². The van der Waals surface area contributed by atoms with Crippen LogP contribution in [-0.4, -0.2) is 36.5 Å². The van der Waals surface area contributed by atoms with Crippen LogP contribution < -0.4 is 5.32 Å². The lowest BCUT2D eigenvalue weighted by Crippen LogP contribution is -2.35. The molecule has 0 radical (unpaired) electrons. The first-order valence-electron chi connectivity index (χ1n) is 7.51. The van der Waals surface area contributed by atoms with Crippen molar-refractivity contribution in [3.05, 3.63) is 48.8 Å². The van der Waals surface area contributed by atoms with E-state index >= 15 is 0 Å². The summed E-state index contributed by atoms with van der Waals surface area (Å²) in [6.07, 6.45) is 4.28. The zero-order valence-electron chi connectivity index (χ0n) is 13.0. The van der Waals surface area contributed by atoms with Gasteiger partial charge in [-0.15, -0.1) is 0 Å². The third kappa shape index (κ3) is 4.42. The Bertz CT molecular complexity index is 654. The summed E-state index contributed by atoms with van der Waals surface area (Å²) in [5.74, 6) is 0.160. The van der Waals surface area contributed by atoms with Crippen molar-refractivity contribution < 1.29 is 8.42 Å². The monoisotopic (exact) mass is 321 g/mol. The van der Waals surface area contributed by atoms with E-state index in [1.807, 2.05) is 23.0 Å². The molecule has 0 bridgehead atoms. The zero-order chi connectivity index (χ0) is 16.0. The number of aromatic nitrogens is 2. The van der Waals surface area contributed by atoms with Gasteiger partial charge in [0.1, 0.15) is 0 Å². The van der Waals surface area contributed by atoms with Crippen LogP contribution in [0.4, 0.5) is 0 Å². The number of rotatable bonds is 8. The highest BCUT2D eigenvalue weighted by Gasteiger charge is 2.15. The minimum atomic E-state index is -3.18. The average Bonchev–Trinajstić information content (AvgIpc) is 3.06. The van der Waals surface area contributed by atoms with E-state index in [1.54, 1.807) is 30.5 Å². The molecule has 120 valence electrons. The van der Waals surface area contributed by atoms with Crippen LogP contribution in [-0.2, 0) is 9.84 Å². The first kappa shape index (κ1) is 16.7. The zero-order valence-corrected chi connectivity index (χ0v) is 13.8. The molecule has 0 saturated carbocycles. The molecule has 0 aliphatic heterocycles. The average molecular weight is 321 g/mol. The van der Waals surface area contributed by atoms with E-state index < -0.39 is 9.84 Å². The molecule has 0 amide bonds. The Morgan fingerprint density at radius 2 is 1.91 bits per heavy atom. The molecule has 2 rings (SSSR count). The number of sulfone groups is 1. The summed E-state index contributed by atoms with van der Waals surface area (Å²) in [5, 5.41) is 7.59. The lowest BCUT2D eigenvalue weighted by molar-refractivity contribution is 0.367. The Labute approximate surface area is 132 Å². The maximum Gasteiger partial charge on any atom is 0.178 e. The molecule has 0 fully saturated rings. The standard InChI is InChI=1S/C16H23N3O2S/c1-14(15(2)19-12-6-11-18-19)17-10-7-13-22(20,21)16-8-4-3-5-9-16/h3-6,8-9,11-12,14-15,17H,7,10,13H2,1-2H3/t14-,15-/m0/s1. The Balaban J connectivity index is 1.77. The smallest absolute Gasteiger partial charge is 0.178 e. The maximum absolute atomic E-state index is 12.2. The minimum Gasteiger partial charge on any atom is -0.312 e. The molecule has 1 heterocycles. The van der Waals surface area contributed by atoms with Gasteiger partial charge in [0.05, 0.1) is 16.7 Å². The Kier molecular flexibility index (Phi) is 5.74. The molecule has 0 aliphatic rings. The highest BCUT2D eigenvalue weighted by molar-refractivity contribution is 7.91. The van der Waals surface area contributed by atoms with Crippen LogP contribution in [0.3, 0.4) is 0 Å². The van der Waals surface area contributed by atoms with E-state index in [4.69, 9.17) is 0 Å². The molecule has 2 aromatic rings. The molecular weight excluding hydrogens is 298 g/mol. The van der Waals surface area contributed by atoms with E-state index in [9.17, 15) is 8.42 Å². The largest absolute Gasteiger partial charge is 0.312 e. The number of nitrogens with one attached hydrogen (secondary N) is 1. The molecule has 22 heavy (non-hydrogen) atoms. The first-order chi connectivity index (χ1) is 10.5. The Hall–Kier alpha value is -1.66. The molecule has 1 aromatic heterocycles. The van der Waals surface area contributed by atoms with Gasteiger partial charge in [-0.3, -0.25) is 4.68 Å². The minimum absolute atomic E-state index is 0.160. The molecule has 0 spiro atoms. The van der Waals surface area contributed by atoms with Crippen molar-refractivity contribution in [1.29, 1.82) is 0 Å². The normalized spacial score (nSPS) is 14.6. The van der Waals surface area contributed by atoms with Gasteiger partial charge in [-0.1, -0.05) is 18.2 Å². The second kappa shape index (κ2) is 7.56. The third-order valence-corrected chi connectivity index (χ3v) is 5.64. The first-order valence-corrected chi connectivity index (χ1v) is 9.16. The number of benzene rings is 1. The van der Waals surface area contributed by atoms with Gasteiger partial charge in [0.15, 0.2) is 9.84 Å². The number of hydrogen-bond donors (Lipinski definition) is 1. The van der Waals surface area contributed by atoms with E-state index in [0.29, 0.717) is 17.9 Å². The van der Waals surface area contributed by atoms with Crippen LogP contribution in [0.2, 0.25) is 0 Å². The number of nitrogens with zero attached hydrogens (tertiary/aromatic N) is 2. The molecule has 0 aliphatic carbocycles. The molecule has 0 unspecified atom stereocenters. The van der Waals surface area contributed by atoms with Gasteiger partial charge in [-0.25, -0.2) is 8.42 Å². The van der Waals surface area contributed by atoms with Crippen molar-refractivity contribution >= 4 is 9.84 Å². The second-order valence-corrected chi connectivity index (χ2v) is 7.56. The fraction of sp³-hybridized carbons (Fsp3) is 0.438. The van der Waals surface area contributed by atoms with Crippen molar-refractivity contribution in [2.24, 2.45) is 0 Å². The molecule has 1 aromatic carbocycles. The van der Waals surface area contributed by atoms with Crippen LogP contribution in [0.1, 0.15) is 26.3 Å². The van der Waals surface area contributed by atoms with Crippen molar-refractivity contribution in [1.82, 2.24) is 15.1 Å². The highest BCUT2D eigenvalue weighted by Crippen LogP contribution is 2.12. The summed E-state index contributed by atoms with van der Waals surface area (Å²) in [6, 6.07) is 10.9. The van der Waals surface area contributed by atoms with Crippen molar-refractivity contribution in [2.45, 2.75) is 37.2 Å². The van der Waals surface area contributed by atoms with E-state index in [0.717, 1.165) is 0 Å². The maximum atomic E-state index is 12.2. The van der Waals surface area contributed by atoms with Gasteiger partial charge >= 0.3 is 0 Å². The van der Waals surface area contributed by atoms with Gasteiger partial charge < -0.3 is 5.32 Å². The fourth-order valence-corrected chi connectivity index (χ4v) is 3.59. The summed E-state index contributed by atoms with van der Waals surface area (Å²) >= 11 is 0. The molecule has 2 atom stereocenters. The third-order valence-electron chi connectivity index (χ3n) is 3.82. The van der Waals surface area contributed by atoms with E-state index in [1.165, 1.54) is 0 Å². The summed E-state index contributed by atoms with van der Waals surface area (Å²) in [4.78, 5) is 0.396. The molecular formula is C16H23N3O2S. The SMILES string of the molecule is C[C@H](NCCCS(=O)(=O)c1ccccc1)[C@H](C)n1cccn1. The lowest BCUT2D eigenvalue weighted by atomic mass is 10.2. The topological polar surface area (TPSA) is 64.0 Å². The highest BCUT2D eigenvalue weighted by atomic mass is 32.2. The summed E-state index contributed by atoms with van der Waals surface area (Å²) in [6.45, 7) is 4.84. The Morgan fingerprint density at radius 1 is 1.18 bits per heavy atom. The van der Waals surface area contributed by atoms with Crippen LogP contribution in [0.15, 0.2) is 53.7 Å². The molecule has 6 heteroatoms. The molecule has 5 nitrogen and oxygen atoms in total. The molecule has 1 N–H and O–H groups in total. The predicted molar refractivity (Wildman–Crippen MR) is 87.5 cm³/mol. The van der Waals surface area contributed by atoms with Crippen molar-refractivity contribution in [3.8, 4) is 0 Å². The van der Waals surface area contributed by atoms with Crippen LogP contribution in [0.25, 0.3) is 0 Å². The Morgan fingerprint density at radius 3 is 2.55 bits per heavy atom. The predicted octanol–water partition coefficient (Wildman–Crippen LogP) is 2.29. The van der Waals surface area contributed by atoms with Crippen molar-refractivity contribution in [3.63, 3.8) is 0 Å². The van der Waals surface area contributed by atoms with Crippen LogP contribution in [0.5, 0.6) is 0 Å². The summed E-state index contributed by atoms with van der Waals surface area (Å²) in [5.41, 5.74) is 0. The van der Waals surface area contributed by atoms with Gasteiger partial charge in [0, 0.05) is 18.4 Å². The number of hydrogen-bond acceptors (Lipinski definition) is 4.